The van der Waals surface area contributed by atoms with Crippen LogP contribution in [0.25, 0.3) is 0 Å². The minimum atomic E-state index is -0.952. The Balaban J connectivity index is 2.57. The molecule has 6 nitrogen and oxygen atoms in total. The Hall–Kier alpha value is -2.08. The lowest BCUT2D eigenvalue weighted by atomic mass is 10.1. The number of amides is 2. The zero-order valence-electron chi connectivity index (χ0n) is 14.4. The summed E-state index contributed by atoms with van der Waals surface area (Å²) in [5, 5.41) is 11.8. The van der Waals surface area contributed by atoms with Crippen molar-refractivity contribution in [3.63, 3.8) is 0 Å². The third kappa shape index (κ3) is 7.15. The third-order valence-corrected chi connectivity index (χ3v) is 3.33. The van der Waals surface area contributed by atoms with Crippen LogP contribution in [0.1, 0.15) is 29.8 Å². The second kappa shape index (κ2) is 9.15. The lowest BCUT2D eigenvalue weighted by Crippen LogP contribution is -2.44. The molecule has 0 heterocycles. The summed E-state index contributed by atoms with van der Waals surface area (Å²) in [7, 11) is 3.96. The SMILES string of the molecule is CC(C)CN(CCN(C)C)C(=O)NCc1ccc(C(=O)O)cc1. The summed E-state index contributed by atoms with van der Waals surface area (Å²) >= 11 is 0. The number of hydrogen-bond acceptors (Lipinski definition) is 3. The number of rotatable bonds is 8. The number of carbonyl (C=O) groups is 2. The summed E-state index contributed by atoms with van der Waals surface area (Å²) in [6.07, 6.45) is 0. The first kappa shape index (κ1) is 19.0. The molecule has 0 bridgehead atoms. The van der Waals surface area contributed by atoms with Crippen LogP contribution in [0.4, 0.5) is 4.79 Å². The first-order chi connectivity index (χ1) is 10.8. The van der Waals surface area contributed by atoms with Crippen molar-refractivity contribution >= 4 is 12.0 Å². The van der Waals surface area contributed by atoms with Crippen LogP contribution < -0.4 is 5.32 Å². The first-order valence-corrected chi connectivity index (χ1v) is 7.79. The van der Waals surface area contributed by atoms with Crippen LogP contribution in [0.2, 0.25) is 0 Å². The van der Waals surface area contributed by atoms with Crippen molar-refractivity contribution in [1.29, 1.82) is 0 Å². The molecular formula is C17H27N3O3. The largest absolute Gasteiger partial charge is 0.478 e. The van der Waals surface area contributed by atoms with Gasteiger partial charge in [0.1, 0.15) is 0 Å². The molecular weight excluding hydrogens is 294 g/mol. The van der Waals surface area contributed by atoms with E-state index in [0.29, 0.717) is 25.6 Å². The Morgan fingerprint density at radius 1 is 1.13 bits per heavy atom. The first-order valence-electron chi connectivity index (χ1n) is 7.79. The fraction of sp³-hybridized carbons (Fsp3) is 0.529. The molecule has 128 valence electrons. The third-order valence-electron chi connectivity index (χ3n) is 3.33. The highest BCUT2D eigenvalue weighted by atomic mass is 16.4. The van der Waals surface area contributed by atoms with E-state index >= 15 is 0 Å². The molecule has 1 aromatic carbocycles. The number of aromatic carboxylic acids is 1. The van der Waals surface area contributed by atoms with Crippen LogP contribution in [0, 0.1) is 5.92 Å². The minimum Gasteiger partial charge on any atom is -0.478 e. The maximum Gasteiger partial charge on any atom is 0.335 e. The van der Waals surface area contributed by atoms with E-state index in [1.54, 1.807) is 24.3 Å². The highest BCUT2D eigenvalue weighted by molar-refractivity contribution is 5.87. The van der Waals surface area contributed by atoms with Crippen LogP contribution in [-0.4, -0.2) is 60.6 Å². The standard InChI is InChI=1S/C17H27N3O3/c1-13(2)12-20(10-9-19(3)4)17(23)18-11-14-5-7-15(8-6-14)16(21)22/h5-8,13H,9-12H2,1-4H3,(H,18,23)(H,21,22). The Kier molecular flexibility index (Phi) is 7.54. The van der Waals surface area contributed by atoms with Crippen molar-refractivity contribution in [3.8, 4) is 0 Å². The van der Waals surface area contributed by atoms with E-state index in [4.69, 9.17) is 5.11 Å². The number of nitrogens with one attached hydrogen (secondary N) is 1. The molecule has 0 fully saturated rings. The zero-order valence-corrected chi connectivity index (χ0v) is 14.4. The lowest BCUT2D eigenvalue weighted by molar-refractivity contribution is 0.0697. The Morgan fingerprint density at radius 2 is 1.74 bits per heavy atom. The molecule has 23 heavy (non-hydrogen) atoms. The minimum absolute atomic E-state index is 0.0946. The molecule has 0 aliphatic carbocycles. The summed E-state index contributed by atoms with van der Waals surface area (Å²) in [4.78, 5) is 27.0. The molecule has 0 saturated carbocycles. The molecule has 0 atom stereocenters. The summed E-state index contributed by atoms with van der Waals surface area (Å²) in [5.41, 5.74) is 1.12. The van der Waals surface area contributed by atoms with Crippen LogP contribution >= 0.6 is 0 Å². The average Bonchev–Trinajstić information content (AvgIpc) is 2.48. The van der Waals surface area contributed by atoms with Gasteiger partial charge in [-0.2, -0.15) is 0 Å². The smallest absolute Gasteiger partial charge is 0.335 e. The molecule has 6 heteroatoms. The molecule has 1 rings (SSSR count). The van der Waals surface area contributed by atoms with E-state index in [-0.39, 0.29) is 11.6 Å². The van der Waals surface area contributed by atoms with Crippen LogP contribution in [0.5, 0.6) is 0 Å². The summed E-state index contributed by atoms with van der Waals surface area (Å²) in [6.45, 7) is 6.75. The van der Waals surface area contributed by atoms with Gasteiger partial charge in [0.2, 0.25) is 0 Å². The molecule has 1 aromatic rings. The van der Waals surface area contributed by atoms with E-state index in [9.17, 15) is 9.59 Å². The second-order valence-electron chi connectivity index (χ2n) is 6.30. The monoisotopic (exact) mass is 321 g/mol. The fourth-order valence-electron chi connectivity index (χ4n) is 2.09. The van der Waals surface area contributed by atoms with Gasteiger partial charge in [-0.1, -0.05) is 26.0 Å². The molecule has 0 radical (unpaired) electrons. The van der Waals surface area contributed by atoms with Gasteiger partial charge in [0.25, 0.3) is 0 Å². The van der Waals surface area contributed by atoms with Gasteiger partial charge in [0.05, 0.1) is 5.56 Å². The highest BCUT2D eigenvalue weighted by Crippen LogP contribution is 2.05. The number of hydrogen-bond donors (Lipinski definition) is 2. The van der Waals surface area contributed by atoms with E-state index in [1.807, 2.05) is 23.9 Å². The van der Waals surface area contributed by atoms with Gasteiger partial charge in [-0.05, 0) is 37.7 Å². The van der Waals surface area contributed by atoms with Crippen molar-refractivity contribution in [1.82, 2.24) is 15.1 Å². The van der Waals surface area contributed by atoms with Gasteiger partial charge in [0.15, 0.2) is 0 Å². The molecule has 2 amide bonds. The molecule has 2 N–H and O–H groups in total. The summed E-state index contributed by atoms with van der Waals surface area (Å²) in [5.74, 6) is -0.551. The maximum atomic E-state index is 12.3. The Bertz CT molecular complexity index is 512. The fourth-order valence-corrected chi connectivity index (χ4v) is 2.09. The van der Waals surface area contributed by atoms with Crippen LogP contribution in [-0.2, 0) is 6.54 Å². The quantitative estimate of drug-likeness (QED) is 0.769. The van der Waals surface area contributed by atoms with Crippen molar-refractivity contribution in [2.45, 2.75) is 20.4 Å². The molecule has 0 saturated heterocycles. The Morgan fingerprint density at radius 3 is 2.22 bits per heavy atom. The van der Waals surface area contributed by atoms with Gasteiger partial charge >= 0.3 is 12.0 Å². The number of nitrogens with zero attached hydrogens (tertiary/aromatic N) is 2. The van der Waals surface area contributed by atoms with Crippen molar-refractivity contribution in [2.24, 2.45) is 5.92 Å². The Labute approximate surface area is 138 Å². The predicted molar refractivity (Wildman–Crippen MR) is 90.6 cm³/mol. The topological polar surface area (TPSA) is 72.9 Å². The second-order valence-corrected chi connectivity index (χ2v) is 6.30. The van der Waals surface area contributed by atoms with E-state index < -0.39 is 5.97 Å². The normalized spacial score (nSPS) is 10.9. The van der Waals surface area contributed by atoms with Gasteiger partial charge in [0, 0.05) is 26.2 Å². The van der Waals surface area contributed by atoms with Crippen LogP contribution in [0.15, 0.2) is 24.3 Å². The van der Waals surface area contributed by atoms with E-state index in [2.05, 4.69) is 19.2 Å². The van der Waals surface area contributed by atoms with Crippen molar-refractivity contribution < 1.29 is 14.7 Å². The van der Waals surface area contributed by atoms with E-state index in [0.717, 1.165) is 12.1 Å². The maximum absolute atomic E-state index is 12.3. The molecule has 0 aliphatic heterocycles. The number of urea groups is 1. The molecule has 0 aromatic heterocycles. The predicted octanol–water partition coefficient (Wildman–Crippen LogP) is 2.11. The molecule has 0 spiro atoms. The number of carboxylic acids is 1. The van der Waals surface area contributed by atoms with Gasteiger partial charge < -0.3 is 20.2 Å². The van der Waals surface area contributed by atoms with Gasteiger partial charge in [-0.25, -0.2) is 9.59 Å². The number of carboxylic acid groups (broad SMARTS) is 1. The van der Waals surface area contributed by atoms with E-state index in [1.165, 1.54) is 0 Å². The summed E-state index contributed by atoms with van der Waals surface area (Å²) < 4.78 is 0. The van der Waals surface area contributed by atoms with Gasteiger partial charge in [-0.3, -0.25) is 0 Å². The van der Waals surface area contributed by atoms with Crippen LogP contribution in [0.3, 0.4) is 0 Å². The lowest BCUT2D eigenvalue weighted by Gasteiger charge is -2.26. The number of carbonyl (C=O) groups excluding carboxylic acids is 1. The number of benzene rings is 1. The van der Waals surface area contributed by atoms with Gasteiger partial charge in [-0.15, -0.1) is 0 Å². The number of likely N-dealkylation sites (N-methyl/N-ethyl adjacent to an activating group) is 1. The average molecular weight is 321 g/mol. The summed E-state index contributed by atoms with van der Waals surface area (Å²) in [6, 6.07) is 6.43. The molecule has 0 unspecified atom stereocenters. The van der Waals surface area contributed by atoms with Crippen molar-refractivity contribution in [2.75, 3.05) is 33.7 Å². The highest BCUT2D eigenvalue weighted by Gasteiger charge is 2.14. The van der Waals surface area contributed by atoms with Crippen molar-refractivity contribution in [3.05, 3.63) is 35.4 Å². The molecule has 0 aliphatic rings. The zero-order chi connectivity index (χ0) is 17.4.